The number of ketones is 1. The second kappa shape index (κ2) is 7.96. The molecular weight excluding hydrogens is 278 g/mol. The van der Waals surface area contributed by atoms with Crippen LogP contribution in [0.25, 0.3) is 0 Å². The van der Waals surface area contributed by atoms with Crippen LogP contribution in [0.3, 0.4) is 0 Å². The van der Waals surface area contributed by atoms with Gasteiger partial charge in [-0.3, -0.25) is 4.79 Å². The van der Waals surface area contributed by atoms with Gasteiger partial charge in [-0.05, 0) is 23.3 Å². The number of hydrogen-bond donors (Lipinski definition) is 0. The summed E-state index contributed by atoms with van der Waals surface area (Å²) in [5.74, 6) is -0.352. The van der Waals surface area contributed by atoms with E-state index in [1.165, 1.54) is 7.11 Å². The molecule has 0 aromatic heterocycles. The van der Waals surface area contributed by atoms with Gasteiger partial charge in [0.2, 0.25) is 0 Å². The zero-order valence-corrected chi connectivity index (χ0v) is 12.4. The Labute approximate surface area is 129 Å². The maximum atomic E-state index is 11.8. The Morgan fingerprint density at radius 1 is 1.14 bits per heavy atom. The van der Waals surface area contributed by atoms with Gasteiger partial charge in [0.1, 0.15) is 24.9 Å². The molecule has 0 fully saturated rings. The highest BCUT2D eigenvalue weighted by Gasteiger charge is 2.19. The topological polar surface area (TPSA) is 59.3 Å². The predicted octanol–water partition coefficient (Wildman–Crippen LogP) is 3.09. The second-order valence-corrected chi connectivity index (χ2v) is 4.80. The first-order valence-corrected chi connectivity index (χ1v) is 6.92. The molecule has 2 rings (SSSR count). The van der Waals surface area contributed by atoms with Gasteiger partial charge in [0.25, 0.3) is 0 Å². The van der Waals surface area contributed by atoms with E-state index in [1.807, 2.05) is 36.4 Å². The molecule has 0 aliphatic heterocycles. The molecule has 2 aromatic rings. The van der Waals surface area contributed by atoms with E-state index in [-0.39, 0.29) is 12.4 Å². The normalized spacial score (nSPS) is 11.5. The first-order chi connectivity index (χ1) is 10.7. The van der Waals surface area contributed by atoms with E-state index in [0.29, 0.717) is 17.9 Å². The van der Waals surface area contributed by atoms with Gasteiger partial charge in [-0.15, -0.1) is 0 Å². The molecule has 0 aliphatic carbocycles. The largest absolute Gasteiger partial charge is 0.489 e. The monoisotopic (exact) mass is 295 g/mol. The summed E-state index contributed by atoms with van der Waals surface area (Å²) in [5, 5.41) is 9.14. The molecule has 1 atom stereocenters. The minimum Gasteiger partial charge on any atom is -0.489 e. The highest BCUT2D eigenvalue weighted by atomic mass is 16.5. The van der Waals surface area contributed by atoms with Crippen molar-refractivity contribution >= 4 is 5.78 Å². The van der Waals surface area contributed by atoms with E-state index < -0.39 is 5.92 Å². The van der Waals surface area contributed by atoms with Crippen LogP contribution in [0.2, 0.25) is 0 Å². The average molecular weight is 295 g/mol. The number of benzene rings is 2. The smallest absolute Gasteiger partial charge is 0.179 e. The predicted molar refractivity (Wildman–Crippen MR) is 82.5 cm³/mol. The van der Waals surface area contributed by atoms with Crippen LogP contribution in [0.4, 0.5) is 0 Å². The fourth-order valence-electron chi connectivity index (χ4n) is 2.06. The Hall–Kier alpha value is -2.64. The summed E-state index contributed by atoms with van der Waals surface area (Å²) in [7, 11) is 1.44. The Kier molecular flexibility index (Phi) is 5.70. The number of nitrogens with zero attached hydrogens (tertiary/aromatic N) is 1. The number of carbonyl (C=O) groups excluding carboxylic acids is 1. The van der Waals surface area contributed by atoms with Crippen LogP contribution < -0.4 is 4.74 Å². The molecule has 0 N–H and O–H groups in total. The van der Waals surface area contributed by atoms with Crippen molar-refractivity contribution in [1.29, 1.82) is 5.26 Å². The van der Waals surface area contributed by atoms with Crippen molar-refractivity contribution in [3.63, 3.8) is 0 Å². The number of nitriles is 1. The van der Waals surface area contributed by atoms with E-state index in [0.717, 1.165) is 5.56 Å². The van der Waals surface area contributed by atoms with Crippen LogP contribution in [-0.4, -0.2) is 19.5 Å². The molecule has 0 spiro atoms. The maximum absolute atomic E-state index is 11.8. The minimum absolute atomic E-state index is 0.0650. The van der Waals surface area contributed by atoms with Crippen LogP contribution in [0.1, 0.15) is 17.0 Å². The van der Waals surface area contributed by atoms with Crippen molar-refractivity contribution in [2.24, 2.45) is 0 Å². The zero-order valence-electron chi connectivity index (χ0n) is 12.4. The summed E-state index contributed by atoms with van der Waals surface area (Å²) in [6, 6.07) is 18.9. The van der Waals surface area contributed by atoms with Crippen molar-refractivity contribution in [1.82, 2.24) is 0 Å². The van der Waals surface area contributed by atoms with Crippen molar-refractivity contribution in [2.45, 2.75) is 12.5 Å². The quantitative estimate of drug-likeness (QED) is 0.787. The maximum Gasteiger partial charge on any atom is 0.179 e. The van der Waals surface area contributed by atoms with Crippen molar-refractivity contribution in [3.05, 3.63) is 65.7 Å². The van der Waals surface area contributed by atoms with Gasteiger partial charge in [0, 0.05) is 7.11 Å². The molecule has 0 bridgehead atoms. The van der Waals surface area contributed by atoms with Gasteiger partial charge in [0.15, 0.2) is 5.78 Å². The van der Waals surface area contributed by atoms with Crippen LogP contribution in [0.5, 0.6) is 5.75 Å². The second-order valence-electron chi connectivity index (χ2n) is 4.80. The third-order valence-corrected chi connectivity index (χ3v) is 3.20. The molecular formula is C18H17NO3. The van der Waals surface area contributed by atoms with Crippen LogP contribution in [0, 0.1) is 11.3 Å². The fourth-order valence-corrected chi connectivity index (χ4v) is 2.06. The van der Waals surface area contributed by atoms with Crippen LogP contribution in [-0.2, 0) is 16.1 Å². The highest BCUT2D eigenvalue weighted by molar-refractivity contribution is 5.89. The molecule has 4 nitrogen and oxygen atoms in total. The molecule has 0 saturated carbocycles. The SMILES string of the molecule is COCC(=O)C(C#N)c1ccc(OCc2ccccc2)cc1. The molecule has 0 radical (unpaired) electrons. The van der Waals surface area contributed by atoms with Gasteiger partial charge in [-0.1, -0.05) is 42.5 Å². The van der Waals surface area contributed by atoms with E-state index in [1.54, 1.807) is 24.3 Å². The summed E-state index contributed by atoms with van der Waals surface area (Å²) >= 11 is 0. The molecule has 0 aliphatic rings. The van der Waals surface area contributed by atoms with E-state index in [2.05, 4.69) is 0 Å². The number of rotatable bonds is 7. The lowest BCUT2D eigenvalue weighted by Crippen LogP contribution is -2.16. The standard InChI is InChI=1S/C18H17NO3/c1-21-13-18(20)17(11-19)15-7-9-16(10-8-15)22-12-14-5-3-2-4-6-14/h2-10,17H,12-13H2,1H3. The van der Waals surface area contributed by atoms with Gasteiger partial charge in [-0.2, -0.15) is 5.26 Å². The third-order valence-electron chi connectivity index (χ3n) is 3.20. The number of carbonyl (C=O) groups is 1. The molecule has 4 heteroatoms. The molecule has 1 unspecified atom stereocenters. The lowest BCUT2D eigenvalue weighted by atomic mass is 9.96. The highest BCUT2D eigenvalue weighted by Crippen LogP contribution is 2.21. The Morgan fingerprint density at radius 2 is 1.82 bits per heavy atom. The average Bonchev–Trinajstić information content (AvgIpc) is 2.56. The number of hydrogen-bond acceptors (Lipinski definition) is 4. The van der Waals surface area contributed by atoms with Gasteiger partial charge >= 0.3 is 0 Å². The zero-order chi connectivity index (χ0) is 15.8. The fraction of sp³-hybridized carbons (Fsp3) is 0.222. The number of ether oxygens (including phenoxy) is 2. The van der Waals surface area contributed by atoms with Crippen molar-refractivity contribution in [3.8, 4) is 11.8 Å². The van der Waals surface area contributed by atoms with E-state index >= 15 is 0 Å². The Morgan fingerprint density at radius 3 is 2.41 bits per heavy atom. The van der Waals surface area contributed by atoms with Crippen LogP contribution in [0.15, 0.2) is 54.6 Å². The first-order valence-electron chi connectivity index (χ1n) is 6.92. The minimum atomic E-state index is -0.803. The third kappa shape index (κ3) is 4.18. The summed E-state index contributed by atoms with van der Waals surface area (Å²) in [5.41, 5.74) is 1.73. The number of methoxy groups -OCH3 is 1. The summed E-state index contributed by atoms with van der Waals surface area (Å²) in [4.78, 5) is 11.8. The van der Waals surface area contributed by atoms with Gasteiger partial charge < -0.3 is 9.47 Å². The Balaban J connectivity index is 2.00. The Bertz CT molecular complexity index is 644. The molecule has 2 aromatic carbocycles. The van der Waals surface area contributed by atoms with Crippen molar-refractivity contribution in [2.75, 3.05) is 13.7 Å². The molecule has 0 heterocycles. The first kappa shape index (κ1) is 15.7. The molecule has 0 saturated heterocycles. The van der Waals surface area contributed by atoms with Crippen LogP contribution >= 0.6 is 0 Å². The van der Waals surface area contributed by atoms with E-state index in [4.69, 9.17) is 14.7 Å². The van der Waals surface area contributed by atoms with E-state index in [9.17, 15) is 4.79 Å². The molecule has 112 valence electrons. The summed E-state index contributed by atoms with van der Waals surface area (Å²) < 4.78 is 10.5. The lowest BCUT2D eigenvalue weighted by molar-refractivity contribution is -0.122. The van der Waals surface area contributed by atoms with Crippen molar-refractivity contribution < 1.29 is 14.3 Å². The van der Waals surface area contributed by atoms with Gasteiger partial charge in [-0.25, -0.2) is 0 Å². The molecule has 22 heavy (non-hydrogen) atoms. The summed E-state index contributed by atoms with van der Waals surface area (Å²) in [6.07, 6.45) is 0. The summed E-state index contributed by atoms with van der Waals surface area (Å²) in [6.45, 7) is 0.412. The number of Topliss-reactive ketones (excluding diaryl/α,β-unsaturated/α-hetero) is 1. The lowest BCUT2D eigenvalue weighted by Gasteiger charge is -2.10. The van der Waals surface area contributed by atoms with Gasteiger partial charge in [0.05, 0.1) is 6.07 Å². The molecule has 0 amide bonds.